The average Bonchev–Trinajstić information content (AvgIpc) is 3.39. The van der Waals surface area contributed by atoms with Crippen LogP contribution >= 0.6 is 0 Å². The maximum absolute atomic E-state index is 12.5. The number of ether oxygens (including phenoxy) is 1. The van der Waals surface area contributed by atoms with Gasteiger partial charge in [0.2, 0.25) is 5.76 Å². The van der Waals surface area contributed by atoms with Crippen molar-refractivity contribution in [3.63, 3.8) is 0 Å². The highest BCUT2D eigenvalue weighted by Crippen LogP contribution is 2.44. The first kappa shape index (κ1) is 22.1. The molecule has 0 saturated heterocycles. The third-order valence-corrected chi connectivity index (χ3v) is 5.95. The van der Waals surface area contributed by atoms with E-state index in [9.17, 15) is 14.4 Å². The molecule has 4 rings (SSSR count). The van der Waals surface area contributed by atoms with E-state index < -0.39 is 29.9 Å². The molecule has 2 amide bonds. The largest absolute Gasteiger partial charge is 0.481 e. The van der Waals surface area contributed by atoms with Crippen LogP contribution in [0.5, 0.6) is 0 Å². The molecule has 2 atom stereocenters. The second-order valence-electron chi connectivity index (χ2n) is 8.00. The summed E-state index contributed by atoms with van der Waals surface area (Å²) < 4.78 is 10.7. The first-order valence-electron chi connectivity index (χ1n) is 10.6. The lowest BCUT2D eigenvalue weighted by Gasteiger charge is -2.17. The van der Waals surface area contributed by atoms with Crippen molar-refractivity contribution in [3.05, 3.63) is 77.7 Å². The molecule has 1 aliphatic rings. The summed E-state index contributed by atoms with van der Waals surface area (Å²) >= 11 is 0. The number of hydrogen-bond acceptors (Lipinski definition) is 5. The molecule has 0 radical (unpaired) electrons. The van der Waals surface area contributed by atoms with Crippen LogP contribution in [0.15, 0.2) is 65.3 Å². The Morgan fingerprint density at radius 1 is 1.00 bits per heavy atom. The highest BCUT2D eigenvalue weighted by molar-refractivity contribution is 6.00. The fourth-order valence-corrected chi connectivity index (χ4v) is 3.94. The first-order valence-corrected chi connectivity index (χ1v) is 10.6. The standard InChI is InChI=1S/C25H24N2O6/c1-14(24(29)30)15(2)26-23(28)22-21(11-12-32-22)27-25(31)33-13-20-18-9-5-3-7-16(18)17-8-4-6-10-19(17)20/h3-12,14-15,20H,13H2,1-2H3,(H,26,28)(H,27,31)(H,29,30). The summed E-state index contributed by atoms with van der Waals surface area (Å²) in [6, 6.07) is 16.8. The summed E-state index contributed by atoms with van der Waals surface area (Å²) in [5.74, 6) is -2.67. The Morgan fingerprint density at radius 3 is 2.21 bits per heavy atom. The van der Waals surface area contributed by atoms with E-state index in [1.165, 1.54) is 19.3 Å². The van der Waals surface area contributed by atoms with Crippen molar-refractivity contribution < 1.29 is 28.6 Å². The van der Waals surface area contributed by atoms with Gasteiger partial charge in [-0.3, -0.25) is 14.9 Å². The number of amides is 2. The number of anilines is 1. The Bertz CT molecular complexity index is 1160. The van der Waals surface area contributed by atoms with Crippen LogP contribution in [0.3, 0.4) is 0 Å². The molecule has 0 fully saturated rings. The number of carbonyl (C=O) groups is 3. The van der Waals surface area contributed by atoms with Crippen molar-refractivity contribution in [3.8, 4) is 11.1 Å². The van der Waals surface area contributed by atoms with Crippen molar-refractivity contribution >= 4 is 23.7 Å². The topological polar surface area (TPSA) is 118 Å². The minimum Gasteiger partial charge on any atom is -0.481 e. The number of carboxylic acids is 1. The Balaban J connectivity index is 1.41. The minimum absolute atomic E-state index is 0.0892. The van der Waals surface area contributed by atoms with Gasteiger partial charge >= 0.3 is 12.1 Å². The molecule has 0 saturated carbocycles. The van der Waals surface area contributed by atoms with Crippen LogP contribution < -0.4 is 10.6 Å². The molecule has 3 N–H and O–H groups in total. The number of carbonyl (C=O) groups excluding carboxylic acids is 2. The molecule has 1 heterocycles. The van der Waals surface area contributed by atoms with E-state index in [0.29, 0.717) is 0 Å². The SMILES string of the molecule is CC(NC(=O)c1occc1NC(=O)OCC1c2ccccc2-c2ccccc21)C(C)C(=O)O. The summed E-state index contributed by atoms with van der Waals surface area (Å²) in [4.78, 5) is 36.1. The van der Waals surface area contributed by atoms with Crippen molar-refractivity contribution in [1.29, 1.82) is 0 Å². The van der Waals surface area contributed by atoms with E-state index in [-0.39, 0.29) is 24.0 Å². The molecule has 1 aromatic heterocycles. The number of hydrogen-bond donors (Lipinski definition) is 3. The summed E-state index contributed by atoms with van der Waals surface area (Å²) in [5, 5.41) is 14.2. The van der Waals surface area contributed by atoms with E-state index in [0.717, 1.165) is 22.3 Å². The predicted molar refractivity (Wildman–Crippen MR) is 121 cm³/mol. The maximum Gasteiger partial charge on any atom is 0.411 e. The van der Waals surface area contributed by atoms with Gasteiger partial charge in [0.25, 0.3) is 5.91 Å². The number of aliphatic carboxylic acids is 1. The Morgan fingerprint density at radius 2 is 1.61 bits per heavy atom. The second-order valence-corrected chi connectivity index (χ2v) is 8.00. The van der Waals surface area contributed by atoms with Crippen LogP contribution in [-0.4, -0.2) is 35.7 Å². The van der Waals surface area contributed by atoms with Crippen molar-refractivity contribution in [1.82, 2.24) is 5.32 Å². The molecular formula is C25H24N2O6. The number of fused-ring (bicyclic) bond motifs is 3. The van der Waals surface area contributed by atoms with Crippen molar-refractivity contribution in [2.24, 2.45) is 5.92 Å². The third-order valence-electron chi connectivity index (χ3n) is 5.95. The Labute approximate surface area is 190 Å². The summed E-state index contributed by atoms with van der Waals surface area (Å²) in [6.45, 7) is 3.20. The minimum atomic E-state index is -1.03. The monoisotopic (exact) mass is 448 g/mol. The molecule has 2 aromatic carbocycles. The molecule has 1 aliphatic carbocycles. The molecular weight excluding hydrogens is 424 g/mol. The van der Waals surface area contributed by atoms with Gasteiger partial charge in [0.15, 0.2) is 0 Å². The lowest BCUT2D eigenvalue weighted by atomic mass is 9.98. The maximum atomic E-state index is 12.5. The van der Waals surface area contributed by atoms with E-state index in [1.54, 1.807) is 6.92 Å². The molecule has 33 heavy (non-hydrogen) atoms. The Kier molecular flexibility index (Phi) is 6.17. The lowest BCUT2D eigenvalue weighted by Crippen LogP contribution is -2.40. The van der Waals surface area contributed by atoms with Gasteiger partial charge in [0, 0.05) is 18.0 Å². The number of nitrogens with one attached hydrogen (secondary N) is 2. The van der Waals surface area contributed by atoms with Crippen LogP contribution in [0.2, 0.25) is 0 Å². The van der Waals surface area contributed by atoms with Gasteiger partial charge in [-0.05, 0) is 36.1 Å². The molecule has 0 aliphatic heterocycles. The predicted octanol–water partition coefficient (Wildman–Crippen LogP) is 4.48. The molecule has 3 aromatic rings. The summed E-state index contributed by atoms with van der Waals surface area (Å²) in [5.41, 5.74) is 4.58. The molecule has 2 unspecified atom stereocenters. The van der Waals surface area contributed by atoms with Crippen LogP contribution in [0.1, 0.15) is 41.4 Å². The zero-order valence-corrected chi connectivity index (χ0v) is 18.2. The van der Waals surface area contributed by atoms with Crippen molar-refractivity contribution in [2.75, 3.05) is 11.9 Å². The van der Waals surface area contributed by atoms with Gasteiger partial charge in [-0.2, -0.15) is 0 Å². The van der Waals surface area contributed by atoms with Crippen LogP contribution in [0, 0.1) is 5.92 Å². The van der Waals surface area contributed by atoms with E-state index in [1.807, 2.05) is 36.4 Å². The second kappa shape index (κ2) is 9.20. The lowest BCUT2D eigenvalue weighted by molar-refractivity contribution is -0.141. The quantitative estimate of drug-likeness (QED) is 0.491. The number of benzene rings is 2. The van der Waals surface area contributed by atoms with Crippen LogP contribution in [-0.2, 0) is 9.53 Å². The van der Waals surface area contributed by atoms with Gasteiger partial charge in [0.05, 0.1) is 17.9 Å². The van der Waals surface area contributed by atoms with Gasteiger partial charge < -0.3 is 19.6 Å². The van der Waals surface area contributed by atoms with Gasteiger partial charge in [-0.1, -0.05) is 48.5 Å². The van der Waals surface area contributed by atoms with Gasteiger partial charge in [-0.15, -0.1) is 0 Å². The highest BCUT2D eigenvalue weighted by atomic mass is 16.5. The summed E-state index contributed by atoms with van der Waals surface area (Å²) in [7, 11) is 0. The van der Waals surface area contributed by atoms with E-state index >= 15 is 0 Å². The smallest absolute Gasteiger partial charge is 0.411 e. The first-order chi connectivity index (χ1) is 15.9. The third kappa shape index (κ3) is 4.45. The molecule has 0 bridgehead atoms. The van der Waals surface area contributed by atoms with Crippen LogP contribution in [0.4, 0.5) is 10.5 Å². The zero-order chi connectivity index (χ0) is 23.5. The fourth-order valence-electron chi connectivity index (χ4n) is 3.94. The van der Waals surface area contributed by atoms with E-state index in [4.69, 9.17) is 14.3 Å². The molecule has 0 spiro atoms. The highest BCUT2D eigenvalue weighted by Gasteiger charge is 2.29. The molecule has 170 valence electrons. The molecule has 8 heteroatoms. The zero-order valence-electron chi connectivity index (χ0n) is 18.2. The number of rotatable bonds is 7. The Hall–Kier alpha value is -4.07. The van der Waals surface area contributed by atoms with Crippen LogP contribution in [0.25, 0.3) is 11.1 Å². The van der Waals surface area contributed by atoms with E-state index in [2.05, 4.69) is 22.8 Å². The number of furan rings is 1. The van der Waals surface area contributed by atoms with Crippen molar-refractivity contribution in [2.45, 2.75) is 25.8 Å². The van der Waals surface area contributed by atoms with Gasteiger partial charge in [-0.25, -0.2) is 4.79 Å². The van der Waals surface area contributed by atoms with Gasteiger partial charge in [0.1, 0.15) is 6.61 Å². The summed E-state index contributed by atoms with van der Waals surface area (Å²) in [6.07, 6.45) is 0.540. The number of carboxylic acid groups (broad SMARTS) is 1. The normalized spacial score (nSPS) is 14.0. The molecule has 8 nitrogen and oxygen atoms in total. The average molecular weight is 448 g/mol. The fraction of sp³-hybridized carbons (Fsp3) is 0.240.